The van der Waals surface area contributed by atoms with Gasteiger partial charge in [-0.15, -0.1) is 11.3 Å². The van der Waals surface area contributed by atoms with Gasteiger partial charge in [-0.3, -0.25) is 0 Å². The number of hydrogen-bond donors (Lipinski definition) is 2. The van der Waals surface area contributed by atoms with E-state index in [9.17, 15) is 0 Å². The van der Waals surface area contributed by atoms with Crippen LogP contribution in [0.5, 0.6) is 0 Å². The lowest BCUT2D eigenvalue weighted by atomic mass is 9.99. The molecule has 128 valence electrons. The number of thiophene rings is 1. The van der Waals surface area contributed by atoms with E-state index >= 15 is 0 Å². The fourth-order valence-electron chi connectivity index (χ4n) is 3.59. The Morgan fingerprint density at radius 3 is 2.80 bits per heavy atom. The quantitative estimate of drug-likeness (QED) is 0.399. The van der Waals surface area contributed by atoms with Crippen LogP contribution < -0.4 is 5.73 Å². The molecule has 2 aromatic heterocycles. The van der Waals surface area contributed by atoms with Crippen LogP contribution >= 0.6 is 22.9 Å². The summed E-state index contributed by atoms with van der Waals surface area (Å²) in [5.74, 6) is 0. The van der Waals surface area contributed by atoms with Crippen molar-refractivity contribution in [1.82, 2.24) is 4.98 Å². The van der Waals surface area contributed by atoms with Crippen LogP contribution in [0.15, 0.2) is 41.8 Å². The largest absolute Gasteiger partial charge is 0.354 e. The Morgan fingerprint density at radius 1 is 1.12 bits per heavy atom. The smallest absolute Gasteiger partial charge is 0.0512 e. The minimum Gasteiger partial charge on any atom is -0.354 e. The summed E-state index contributed by atoms with van der Waals surface area (Å²) in [6.45, 7) is 2.85. The molecular formula is C21H21ClN2S. The molecule has 0 unspecified atom stereocenters. The number of fused-ring (bicyclic) bond motifs is 2. The molecule has 0 aliphatic rings. The average Bonchev–Trinajstić information content (AvgIpc) is 3.17. The number of aromatic nitrogens is 1. The van der Waals surface area contributed by atoms with E-state index in [1.807, 2.05) is 6.07 Å². The summed E-state index contributed by atoms with van der Waals surface area (Å²) in [5, 5.41) is 5.61. The molecular weight excluding hydrogens is 348 g/mol. The number of hydrogen-bond acceptors (Lipinski definition) is 2. The number of rotatable bonds is 5. The van der Waals surface area contributed by atoms with Crippen LogP contribution in [0.1, 0.15) is 24.0 Å². The van der Waals surface area contributed by atoms with Crippen molar-refractivity contribution in [3.63, 3.8) is 0 Å². The van der Waals surface area contributed by atoms with Crippen molar-refractivity contribution in [3.8, 4) is 11.3 Å². The number of nitrogens with two attached hydrogens (primary N) is 1. The molecule has 0 saturated carbocycles. The monoisotopic (exact) mass is 368 g/mol. The van der Waals surface area contributed by atoms with Crippen LogP contribution in [-0.2, 0) is 6.42 Å². The Bertz CT molecular complexity index is 1040. The molecule has 0 radical (unpaired) electrons. The average molecular weight is 369 g/mol. The van der Waals surface area contributed by atoms with Gasteiger partial charge in [0.25, 0.3) is 0 Å². The molecule has 4 aromatic rings. The summed E-state index contributed by atoms with van der Waals surface area (Å²) < 4.78 is 1.32. The van der Waals surface area contributed by atoms with E-state index in [1.165, 1.54) is 43.4 Å². The van der Waals surface area contributed by atoms with E-state index in [-0.39, 0.29) is 0 Å². The van der Waals surface area contributed by atoms with Crippen molar-refractivity contribution in [2.45, 2.75) is 26.2 Å². The third-order valence-electron chi connectivity index (χ3n) is 4.81. The van der Waals surface area contributed by atoms with Gasteiger partial charge in [-0.05, 0) is 62.1 Å². The fraction of sp³-hybridized carbons (Fsp3) is 0.238. The van der Waals surface area contributed by atoms with Gasteiger partial charge in [0, 0.05) is 37.0 Å². The molecule has 0 saturated heterocycles. The highest BCUT2D eigenvalue weighted by Gasteiger charge is 2.17. The number of halogens is 1. The molecule has 4 heteroatoms. The van der Waals surface area contributed by atoms with Gasteiger partial charge in [-0.1, -0.05) is 29.8 Å². The molecule has 0 aliphatic carbocycles. The highest BCUT2D eigenvalue weighted by molar-refractivity contribution is 7.17. The Hall–Kier alpha value is -1.81. The van der Waals surface area contributed by atoms with Crippen LogP contribution in [0.2, 0.25) is 5.02 Å². The maximum Gasteiger partial charge on any atom is 0.0512 e. The van der Waals surface area contributed by atoms with Gasteiger partial charge >= 0.3 is 0 Å². The first-order valence-corrected chi connectivity index (χ1v) is 9.92. The first-order chi connectivity index (χ1) is 12.2. The molecule has 0 atom stereocenters. The minimum atomic E-state index is 0.735. The van der Waals surface area contributed by atoms with Crippen molar-refractivity contribution in [1.29, 1.82) is 0 Å². The molecule has 0 fully saturated rings. The zero-order valence-corrected chi connectivity index (χ0v) is 15.8. The number of aryl methyl sites for hydroxylation is 2. The predicted molar refractivity (Wildman–Crippen MR) is 111 cm³/mol. The van der Waals surface area contributed by atoms with Crippen LogP contribution in [0.4, 0.5) is 0 Å². The predicted octanol–water partition coefficient (Wildman–Crippen LogP) is 6.29. The topological polar surface area (TPSA) is 41.8 Å². The van der Waals surface area contributed by atoms with Crippen LogP contribution in [0.25, 0.3) is 32.2 Å². The van der Waals surface area contributed by atoms with E-state index in [0.717, 1.165) is 30.8 Å². The number of H-pyrrole nitrogens is 1. The van der Waals surface area contributed by atoms with Gasteiger partial charge in [0.15, 0.2) is 0 Å². The maximum atomic E-state index is 6.35. The zero-order chi connectivity index (χ0) is 17.4. The van der Waals surface area contributed by atoms with Gasteiger partial charge in [0.1, 0.15) is 0 Å². The highest BCUT2D eigenvalue weighted by atomic mass is 35.5. The molecule has 2 nitrogen and oxygen atoms in total. The van der Waals surface area contributed by atoms with Crippen LogP contribution in [0.3, 0.4) is 0 Å². The first-order valence-electron chi connectivity index (χ1n) is 8.66. The van der Waals surface area contributed by atoms with Gasteiger partial charge in [0.2, 0.25) is 0 Å². The second kappa shape index (κ2) is 6.83. The standard InChI is InChI=1S/C21H21ClN2S/c1-13-10-14(22)11-17-16(7-4-5-9-23)21(24-20(13)17)18-12-25-19-8-3-2-6-15(18)19/h2-3,6,8,10-12,24H,4-5,7,9,23H2,1H3. The van der Waals surface area contributed by atoms with Crippen molar-refractivity contribution in [2.75, 3.05) is 6.54 Å². The molecule has 4 rings (SSSR count). The third-order valence-corrected chi connectivity index (χ3v) is 5.99. The van der Waals surface area contributed by atoms with E-state index in [1.54, 1.807) is 11.3 Å². The summed E-state index contributed by atoms with van der Waals surface area (Å²) in [7, 11) is 0. The molecule has 2 heterocycles. The summed E-state index contributed by atoms with van der Waals surface area (Å²) in [5.41, 5.74) is 12.0. The lowest BCUT2D eigenvalue weighted by Gasteiger charge is -2.05. The van der Waals surface area contributed by atoms with Crippen molar-refractivity contribution < 1.29 is 0 Å². The summed E-state index contributed by atoms with van der Waals surface area (Å²) >= 11 is 8.15. The first kappa shape index (κ1) is 16.6. The zero-order valence-electron chi connectivity index (χ0n) is 14.2. The Kier molecular flexibility index (Phi) is 4.55. The normalized spacial score (nSPS) is 11.6. The van der Waals surface area contributed by atoms with Crippen molar-refractivity contribution >= 4 is 43.9 Å². The summed E-state index contributed by atoms with van der Waals surface area (Å²) in [4.78, 5) is 3.70. The van der Waals surface area contributed by atoms with Crippen LogP contribution in [-0.4, -0.2) is 11.5 Å². The van der Waals surface area contributed by atoms with Crippen molar-refractivity contribution in [2.24, 2.45) is 5.73 Å². The summed E-state index contributed by atoms with van der Waals surface area (Å²) in [6.07, 6.45) is 3.14. The van der Waals surface area contributed by atoms with E-state index in [0.29, 0.717) is 0 Å². The highest BCUT2D eigenvalue weighted by Crippen LogP contribution is 2.39. The van der Waals surface area contributed by atoms with Gasteiger partial charge < -0.3 is 10.7 Å². The van der Waals surface area contributed by atoms with E-state index in [4.69, 9.17) is 17.3 Å². The second-order valence-electron chi connectivity index (χ2n) is 6.52. The molecule has 0 bridgehead atoms. The van der Waals surface area contributed by atoms with E-state index < -0.39 is 0 Å². The van der Waals surface area contributed by atoms with Gasteiger partial charge in [-0.25, -0.2) is 0 Å². The third kappa shape index (κ3) is 2.97. The Morgan fingerprint density at radius 2 is 1.96 bits per heavy atom. The lowest BCUT2D eigenvalue weighted by Crippen LogP contribution is -1.99. The van der Waals surface area contributed by atoms with Gasteiger partial charge in [0.05, 0.1) is 5.69 Å². The van der Waals surface area contributed by atoms with Crippen LogP contribution in [0, 0.1) is 6.92 Å². The minimum absolute atomic E-state index is 0.735. The maximum absolute atomic E-state index is 6.35. The number of nitrogens with one attached hydrogen (secondary N) is 1. The number of benzene rings is 2. The summed E-state index contributed by atoms with van der Waals surface area (Å²) in [6, 6.07) is 12.7. The molecule has 3 N–H and O–H groups in total. The molecule has 0 spiro atoms. The number of aromatic amines is 1. The number of unbranched alkanes of at least 4 members (excludes halogenated alkanes) is 1. The fourth-order valence-corrected chi connectivity index (χ4v) is 4.81. The van der Waals surface area contributed by atoms with Gasteiger partial charge in [-0.2, -0.15) is 0 Å². The molecule has 25 heavy (non-hydrogen) atoms. The van der Waals surface area contributed by atoms with Crippen molar-refractivity contribution in [3.05, 3.63) is 57.9 Å². The molecule has 2 aromatic carbocycles. The Balaban J connectivity index is 1.95. The molecule has 0 amide bonds. The lowest BCUT2D eigenvalue weighted by molar-refractivity contribution is 0.748. The second-order valence-corrected chi connectivity index (χ2v) is 7.86. The van der Waals surface area contributed by atoms with E-state index in [2.05, 4.69) is 47.6 Å². The molecule has 0 aliphatic heterocycles. The SMILES string of the molecule is Cc1cc(Cl)cc2c(CCCCN)c(-c3csc4ccccc34)[nH]c12. The Labute approximate surface area is 156 Å².